The van der Waals surface area contributed by atoms with Crippen LogP contribution in [0.25, 0.3) is 0 Å². The first-order chi connectivity index (χ1) is 7.13. The third kappa shape index (κ3) is 3.75. The molecule has 0 aromatic carbocycles. The Balaban J connectivity index is 2.27. The highest BCUT2D eigenvalue weighted by atomic mass is 16.6. The number of hydrogen-bond acceptors (Lipinski definition) is 4. The summed E-state index contributed by atoms with van der Waals surface area (Å²) in [5.41, 5.74) is 0. The molecular formula is C9H16N2O4. The van der Waals surface area contributed by atoms with Crippen molar-refractivity contribution in [2.45, 2.75) is 18.9 Å². The number of nitrogens with one attached hydrogen (secondary N) is 1. The van der Waals surface area contributed by atoms with Crippen LogP contribution in [0.1, 0.15) is 12.8 Å². The number of carbonyl (C=O) groups excluding carboxylic acids is 2. The molecule has 6 nitrogen and oxygen atoms in total. The lowest BCUT2D eigenvalue weighted by molar-refractivity contribution is -0.132. The Kier molecular flexibility index (Phi) is 4.36. The summed E-state index contributed by atoms with van der Waals surface area (Å²) < 4.78 is 4.65. The lowest BCUT2D eigenvalue weighted by atomic mass is 10.1. The van der Waals surface area contributed by atoms with Crippen molar-refractivity contribution in [2.24, 2.45) is 0 Å². The molecule has 0 radical (unpaired) electrons. The van der Waals surface area contributed by atoms with Crippen molar-refractivity contribution in [1.82, 2.24) is 10.2 Å². The minimum Gasteiger partial charge on any atom is -0.447 e. The smallest absolute Gasteiger partial charge is 0.407 e. The molecule has 0 bridgehead atoms. The predicted molar refractivity (Wildman–Crippen MR) is 52.2 cm³/mol. The molecule has 86 valence electrons. The Morgan fingerprint density at radius 1 is 1.73 bits per heavy atom. The molecule has 6 heteroatoms. The van der Waals surface area contributed by atoms with Gasteiger partial charge < -0.3 is 20.1 Å². The summed E-state index contributed by atoms with van der Waals surface area (Å²) in [6.07, 6.45) is 0.538. The Hall–Kier alpha value is -1.30. The number of carbonyl (C=O) groups is 2. The number of aliphatic hydroxyl groups is 1. The first-order valence-corrected chi connectivity index (χ1v) is 4.91. The zero-order valence-corrected chi connectivity index (χ0v) is 8.73. The first-order valence-electron chi connectivity index (χ1n) is 4.91. The number of ether oxygens (including phenoxy) is 1. The fraction of sp³-hybridized carbons (Fsp3) is 0.778. The minimum atomic E-state index is -0.545. The predicted octanol–water partition coefficient (Wildman–Crippen LogP) is -0.674. The second-order valence-electron chi connectivity index (χ2n) is 3.51. The van der Waals surface area contributed by atoms with Crippen LogP contribution in [0.2, 0.25) is 0 Å². The molecule has 2 amide bonds. The van der Waals surface area contributed by atoms with Crippen LogP contribution in [0, 0.1) is 0 Å². The molecule has 1 atom stereocenters. The van der Waals surface area contributed by atoms with E-state index in [0.717, 1.165) is 0 Å². The number of nitrogens with zero attached hydrogens (tertiary/aromatic N) is 1. The molecule has 1 heterocycles. The van der Waals surface area contributed by atoms with E-state index in [1.54, 1.807) is 11.9 Å². The van der Waals surface area contributed by atoms with Crippen molar-refractivity contribution in [3.05, 3.63) is 0 Å². The number of amides is 2. The fourth-order valence-electron chi connectivity index (χ4n) is 1.48. The lowest BCUT2D eigenvalue weighted by Crippen LogP contribution is -2.48. The van der Waals surface area contributed by atoms with E-state index in [9.17, 15) is 9.59 Å². The quantitative estimate of drug-likeness (QED) is 0.655. The average molecular weight is 216 g/mol. The summed E-state index contributed by atoms with van der Waals surface area (Å²) in [5.74, 6) is 0.0942. The van der Waals surface area contributed by atoms with Crippen LogP contribution in [0.5, 0.6) is 0 Å². The molecule has 0 aromatic heterocycles. The summed E-state index contributed by atoms with van der Waals surface area (Å²) in [7, 11) is 1.70. The number of likely N-dealkylation sites (N-methyl/N-ethyl adjacent to an activating group) is 1. The molecule has 2 N–H and O–H groups in total. The molecule has 1 fully saturated rings. The van der Waals surface area contributed by atoms with Gasteiger partial charge in [-0.1, -0.05) is 0 Å². The van der Waals surface area contributed by atoms with Crippen LogP contribution >= 0.6 is 0 Å². The van der Waals surface area contributed by atoms with E-state index >= 15 is 0 Å². The topological polar surface area (TPSA) is 78.9 Å². The van der Waals surface area contributed by atoms with Crippen molar-refractivity contribution in [3.8, 4) is 0 Å². The second kappa shape index (κ2) is 5.55. The number of alkyl carbamates (subject to hydrolysis) is 1. The normalized spacial score (nSPS) is 21.3. The highest BCUT2D eigenvalue weighted by Gasteiger charge is 2.24. The van der Waals surface area contributed by atoms with Gasteiger partial charge >= 0.3 is 6.09 Å². The van der Waals surface area contributed by atoms with Gasteiger partial charge in [0, 0.05) is 20.0 Å². The summed E-state index contributed by atoms with van der Waals surface area (Å²) in [6, 6.07) is -0.0566. The Morgan fingerprint density at radius 2 is 2.47 bits per heavy atom. The minimum absolute atomic E-state index is 0.00662. The van der Waals surface area contributed by atoms with Crippen LogP contribution in [-0.2, 0) is 9.53 Å². The first kappa shape index (κ1) is 11.8. The molecule has 0 aliphatic carbocycles. The summed E-state index contributed by atoms with van der Waals surface area (Å²) in [5, 5.41) is 11.1. The third-order valence-electron chi connectivity index (χ3n) is 2.27. The third-order valence-corrected chi connectivity index (χ3v) is 2.27. The standard InChI is InChI=1S/C9H16N2O4/c1-11-6-7(2-3-8(11)13)10-9(14)15-5-4-12/h7,12H,2-6H2,1H3,(H,10,14). The monoisotopic (exact) mass is 216 g/mol. The van der Waals surface area contributed by atoms with Gasteiger partial charge in [0.2, 0.25) is 5.91 Å². The highest BCUT2D eigenvalue weighted by molar-refractivity contribution is 5.77. The molecule has 0 aromatic rings. The van der Waals surface area contributed by atoms with Gasteiger partial charge in [-0.25, -0.2) is 4.79 Å². The van der Waals surface area contributed by atoms with Gasteiger partial charge in [-0.3, -0.25) is 4.79 Å². The maximum absolute atomic E-state index is 11.1. The van der Waals surface area contributed by atoms with Crippen molar-refractivity contribution in [3.63, 3.8) is 0 Å². The van der Waals surface area contributed by atoms with Crippen LogP contribution in [0.15, 0.2) is 0 Å². The Bertz CT molecular complexity index is 244. The van der Waals surface area contributed by atoms with Crippen molar-refractivity contribution < 1.29 is 19.4 Å². The second-order valence-corrected chi connectivity index (χ2v) is 3.51. The SMILES string of the molecule is CN1CC(NC(=O)OCCO)CCC1=O. The van der Waals surface area contributed by atoms with Gasteiger partial charge in [0.05, 0.1) is 12.6 Å². The van der Waals surface area contributed by atoms with E-state index in [1.807, 2.05) is 0 Å². The van der Waals surface area contributed by atoms with E-state index in [2.05, 4.69) is 10.1 Å². The zero-order valence-electron chi connectivity index (χ0n) is 8.73. The van der Waals surface area contributed by atoms with E-state index in [-0.39, 0.29) is 25.2 Å². The van der Waals surface area contributed by atoms with Gasteiger partial charge in [0.15, 0.2) is 0 Å². The number of piperidine rings is 1. The average Bonchev–Trinajstić information content (AvgIpc) is 2.20. The Morgan fingerprint density at radius 3 is 3.07 bits per heavy atom. The molecule has 15 heavy (non-hydrogen) atoms. The van der Waals surface area contributed by atoms with E-state index in [1.165, 1.54) is 0 Å². The molecule has 1 saturated heterocycles. The van der Waals surface area contributed by atoms with Gasteiger partial charge in [0.1, 0.15) is 6.61 Å². The molecule has 0 spiro atoms. The summed E-state index contributed by atoms with van der Waals surface area (Å²) in [6.45, 7) is 0.316. The number of rotatable bonds is 3. The highest BCUT2D eigenvalue weighted by Crippen LogP contribution is 2.09. The number of likely N-dealkylation sites (tertiary alicyclic amines) is 1. The summed E-state index contributed by atoms with van der Waals surface area (Å²) in [4.78, 5) is 23.8. The maximum atomic E-state index is 11.1. The molecule has 1 rings (SSSR count). The maximum Gasteiger partial charge on any atom is 0.407 e. The van der Waals surface area contributed by atoms with Crippen molar-refractivity contribution in [1.29, 1.82) is 0 Å². The van der Waals surface area contributed by atoms with Gasteiger partial charge in [-0.15, -0.1) is 0 Å². The molecule has 1 unspecified atom stereocenters. The molecule has 1 aliphatic heterocycles. The van der Waals surface area contributed by atoms with Gasteiger partial charge in [0.25, 0.3) is 0 Å². The Labute approximate surface area is 88.2 Å². The fourth-order valence-corrected chi connectivity index (χ4v) is 1.48. The van der Waals surface area contributed by atoms with E-state index in [4.69, 9.17) is 5.11 Å². The van der Waals surface area contributed by atoms with E-state index < -0.39 is 6.09 Å². The van der Waals surface area contributed by atoms with Crippen molar-refractivity contribution >= 4 is 12.0 Å². The molecular weight excluding hydrogens is 200 g/mol. The lowest BCUT2D eigenvalue weighted by Gasteiger charge is -2.29. The van der Waals surface area contributed by atoms with Crippen LogP contribution in [-0.4, -0.2) is 54.9 Å². The van der Waals surface area contributed by atoms with E-state index in [0.29, 0.717) is 19.4 Å². The zero-order chi connectivity index (χ0) is 11.3. The van der Waals surface area contributed by atoms with Crippen LogP contribution < -0.4 is 5.32 Å². The van der Waals surface area contributed by atoms with Crippen LogP contribution in [0.4, 0.5) is 4.79 Å². The largest absolute Gasteiger partial charge is 0.447 e. The van der Waals surface area contributed by atoms with Crippen molar-refractivity contribution in [2.75, 3.05) is 26.8 Å². The molecule has 1 aliphatic rings. The summed E-state index contributed by atoms with van der Waals surface area (Å²) >= 11 is 0. The van der Waals surface area contributed by atoms with Gasteiger partial charge in [-0.2, -0.15) is 0 Å². The van der Waals surface area contributed by atoms with Crippen LogP contribution in [0.3, 0.4) is 0 Å². The van der Waals surface area contributed by atoms with Gasteiger partial charge in [-0.05, 0) is 6.42 Å². The number of hydrogen-bond donors (Lipinski definition) is 2. The number of aliphatic hydroxyl groups excluding tert-OH is 1. The molecule has 0 saturated carbocycles.